The van der Waals surface area contributed by atoms with Gasteiger partial charge in [0.2, 0.25) is 5.91 Å². The van der Waals surface area contributed by atoms with Crippen LogP contribution in [-0.2, 0) is 4.79 Å². The van der Waals surface area contributed by atoms with Crippen molar-refractivity contribution in [2.24, 2.45) is 5.73 Å². The summed E-state index contributed by atoms with van der Waals surface area (Å²) in [5.74, 6) is -0.485. The van der Waals surface area contributed by atoms with Crippen molar-refractivity contribution in [3.05, 3.63) is 0 Å². The molecule has 0 fully saturated rings. The molecule has 0 aromatic carbocycles. The van der Waals surface area contributed by atoms with Gasteiger partial charge >= 0.3 is 6.03 Å². The molecule has 0 atom stereocenters. The van der Waals surface area contributed by atoms with Gasteiger partial charge in [-0.3, -0.25) is 15.0 Å². The lowest BCUT2D eigenvalue weighted by Crippen LogP contribution is -2.42. The molecule has 0 aliphatic heterocycles. The maximum atomic E-state index is 11.1. The fraction of sp³-hybridized carbons (Fsp3) is 0.625. The van der Waals surface area contributed by atoms with E-state index in [1.165, 1.54) is 0 Å². The van der Waals surface area contributed by atoms with E-state index in [4.69, 9.17) is 11.0 Å². The van der Waals surface area contributed by atoms with Crippen LogP contribution in [0.15, 0.2) is 0 Å². The lowest BCUT2D eigenvalue weighted by Gasteiger charge is -2.16. The van der Waals surface area contributed by atoms with E-state index in [9.17, 15) is 9.59 Å². The maximum Gasteiger partial charge on any atom is 0.318 e. The molecule has 0 aromatic rings. The molecule has 0 radical (unpaired) electrons. The molecule has 0 spiro atoms. The van der Waals surface area contributed by atoms with Crippen molar-refractivity contribution in [1.82, 2.24) is 10.2 Å². The molecule has 0 aliphatic rings. The summed E-state index contributed by atoms with van der Waals surface area (Å²) < 4.78 is 0. The predicted molar refractivity (Wildman–Crippen MR) is 50.1 cm³/mol. The normalized spacial score (nSPS) is 9.50. The number of rotatable bonds is 5. The molecule has 6 nitrogen and oxygen atoms in total. The molecule has 0 aliphatic carbocycles. The lowest BCUT2D eigenvalue weighted by atomic mass is 10.4. The fourth-order valence-electron chi connectivity index (χ4n) is 1.01. The molecule has 6 heteroatoms. The van der Waals surface area contributed by atoms with E-state index in [1.54, 1.807) is 4.90 Å². The van der Waals surface area contributed by atoms with Crippen molar-refractivity contribution in [3.8, 4) is 6.07 Å². The van der Waals surface area contributed by atoms with Crippen LogP contribution < -0.4 is 11.1 Å². The van der Waals surface area contributed by atoms with Crippen LogP contribution in [0.2, 0.25) is 0 Å². The summed E-state index contributed by atoms with van der Waals surface area (Å²) in [6.45, 7) is 2.76. The first-order chi connectivity index (χ1) is 6.60. The monoisotopic (exact) mass is 198 g/mol. The van der Waals surface area contributed by atoms with E-state index >= 15 is 0 Å². The summed E-state index contributed by atoms with van der Waals surface area (Å²) in [4.78, 5) is 23.0. The van der Waals surface area contributed by atoms with E-state index < -0.39 is 11.9 Å². The van der Waals surface area contributed by atoms with Crippen molar-refractivity contribution >= 4 is 11.9 Å². The Morgan fingerprint density at radius 3 is 2.64 bits per heavy atom. The molecule has 0 bridgehead atoms. The zero-order chi connectivity index (χ0) is 11.0. The third-order valence-corrected chi connectivity index (χ3v) is 1.46. The van der Waals surface area contributed by atoms with Crippen molar-refractivity contribution in [2.75, 3.05) is 19.6 Å². The number of carbonyl (C=O) groups excluding carboxylic acids is 2. The zero-order valence-corrected chi connectivity index (χ0v) is 8.12. The topological polar surface area (TPSA) is 99.2 Å². The van der Waals surface area contributed by atoms with Crippen LogP contribution >= 0.6 is 0 Å². The number of nitrogens with one attached hydrogen (secondary N) is 1. The quantitative estimate of drug-likeness (QED) is 0.577. The molecule has 0 saturated heterocycles. The van der Waals surface area contributed by atoms with E-state index in [0.29, 0.717) is 6.54 Å². The molecule has 0 unspecified atom stereocenters. The number of nitrogens with two attached hydrogens (primary N) is 1. The number of nitriles is 1. The highest BCUT2D eigenvalue weighted by molar-refractivity contribution is 5.94. The van der Waals surface area contributed by atoms with E-state index in [1.807, 2.05) is 18.3 Å². The molecule has 3 N–H and O–H groups in total. The van der Waals surface area contributed by atoms with Crippen LogP contribution in [0.5, 0.6) is 0 Å². The summed E-state index contributed by atoms with van der Waals surface area (Å²) >= 11 is 0. The van der Waals surface area contributed by atoms with Crippen molar-refractivity contribution in [2.45, 2.75) is 13.3 Å². The fourth-order valence-corrected chi connectivity index (χ4v) is 1.01. The number of nitrogens with zero attached hydrogens (tertiary/aromatic N) is 2. The van der Waals surface area contributed by atoms with Crippen LogP contribution in [0.25, 0.3) is 0 Å². The van der Waals surface area contributed by atoms with E-state index in [2.05, 4.69) is 0 Å². The smallest absolute Gasteiger partial charge is 0.318 e. The lowest BCUT2D eigenvalue weighted by molar-refractivity contribution is -0.121. The van der Waals surface area contributed by atoms with Gasteiger partial charge in [-0.05, 0) is 13.0 Å². The second-order valence-corrected chi connectivity index (χ2v) is 2.78. The van der Waals surface area contributed by atoms with Gasteiger partial charge in [-0.2, -0.15) is 5.26 Å². The summed E-state index contributed by atoms with van der Waals surface area (Å²) in [5.41, 5.74) is 4.76. The van der Waals surface area contributed by atoms with Crippen molar-refractivity contribution < 1.29 is 9.59 Å². The van der Waals surface area contributed by atoms with Crippen LogP contribution in [0, 0.1) is 11.3 Å². The second-order valence-electron chi connectivity index (χ2n) is 2.78. The SMILES string of the molecule is CCCN(CC#N)CC(=O)NC(N)=O. The first-order valence-electron chi connectivity index (χ1n) is 4.28. The summed E-state index contributed by atoms with van der Waals surface area (Å²) in [5, 5.41) is 10.4. The number of imide groups is 1. The average molecular weight is 198 g/mol. The van der Waals surface area contributed by atoms with E-state index in [-0.39, 0.29) is 13.1 Å². The summed E-state index contributed by atoms with van der Waals surface area (Å²) in [6.07, 6.45) is 0.839. The van der Waals surface area contributed by atoms with Crippen molar-refractivity contribution in [1.29, 1.82) is 5.26 Å². The molecule has 0 aromatic heterocycles. The Balaban J connectivity index is 3.96. The maximum absolute atomic E-state index is 11.1. The Hall–Kier alpha value is -1.61. The number of hydrogen-bond donors (Lipinski definition) is 2. The Morgan fingerprint density at radius 2 is 2.21 bits per heavy atom. The highest BCUT2D eigenvalue weighted by Crippen LogP contribution is 1.89. The van der Waals surface area contributed by atoms with Gasteiger partial charge in [0.05, 0.1) is 19.2 Å². The minimum atomic E-state index is -0.872. The highest BCUT2D eigenvalue weighted by atomic mass is 16.2. The summed E-state index contributed by atoms with van der Waals surface area (Å²) in [7, 11) is 0. The third kappa shape index (κ3) is 5.97. The number of amides is 3. The number of urea groups is 1. The number of primary amides is 1. The zero-order valence-electron chi connectivity index (χ0n) is 8.12. The molecule has 0 rings (SSSR count). The Bertz CT molecular complexity index is 246. The number of hydrogen-bond acceptors (Lipinski definition) is 4. The Kier molecular flexibility index (Phi) is 6.07. The van der Waals surface area contributed by atoms with Gasteiger partial charge in [-0.1, -0.05) is 6.92 Å². The predicted octanol–water partition coefficient (Wildman–Crippen LogP) is -0.583. The molecular formula is C8H14N4O2. The van der Waals surface area contributed by atoms with Gasteiger partial charge in [-0.25, -0.2) is 4.79 Å². The Morgan fingerprint density at radius 1 is 1.57 bits per heavy atom. The second kappa shape index (κ2) is 6.86. The van der Waals surface area contributed by atoms with Gasteiger partial charge in [0, 0.05) is 0 Å². The minimum Gasteiger partial charge on any atom is -0.351 e. The third-order valence-electron chi connectivity index (χ3n) is 1.46. The largest absolute Gasteiger partial charge is 0.351 e. The minimum absolute atomic E-state index is 0.0182. The van der Waals surface area contributed by atoms with Gasteiger partial charge in [0.15, 0.2) is 0 Å². The molecule has 0 heterocycles. The standard InChI is InChI=1S/C8H14N4O2/c1-2-4-12(5-3-9)6-7(13)11-8(10)14/h2,4-6H2,1H3,(H3,10,11,13,14). The van der Waals surface area contributed by atoms with Crippen LogP contribution in [0.3, 0.4) is 0 Å². The van der Waals surface area contributed by atoms with Gasteiger partial charge in [-0.15, -0.1) is 0 Å². The first-order valence-corrected chi connectivity index (χ1v) is 4.28. The van der Waals surface area contributed by atoms with Crippen LogP contribution in [-0.4, -0.2) is 36.5 Å². The van der Waals surface area contributed by atoms with Gasteiger partial charge < -0.3 is 5.73 Å². The van der Waals surface area contributed by atoms with Crippen LogP contribution in [0.4, 0.5) is 4.79 Å². The molecule has 78 valence electrons. The molecule has 3 amide bonds. The number of carbonyl (C=O) groups is 2. The molecule has 14 heavy (non-hydrogen) atoms. The van der Waals surface area contributed by atoms with E-state index in [0.717, 1.165) is 6.42 Å². The molecule has 0 saturated carbocycles. The van der Waals surface area contributed by atoms with Crippen molar-refractivity contribution in [3.63, 3.8) is 0 Å². The van der Waals surface area contributed by atoms with Gasteiger partial charge in [0.1, 0.15) is 0 Å². The summed E-state index contributed by atoms with van der Waals surface area (Å²) in [6, 6.07) is 1.07. The van der Waals surface area contributed by atoms with Crippen LogP contribution in [0.1, 0.15) is 13.3 Å². The average Bonchev–Trinajstić information content (AvgIpc) is 2.03. The van der Waals surface area contributed by atoms with Gasteiger partial charge in [0.25, 0.3) is 0 Å². The molecular weight excluding hydrogens is 184 g/mol. The first kappa shape index (κ1) is 12.4. The highest BCUT2D eigenvalue weighted by Gasteiger charge is 2.10. The Labute approximate surface area is 82.7 Å².